The fourth-order valence-corrected chi connectivity index (χ4v) is 2.50. The first-order valence-corrected chi connectivity index (χ1v) is 6.67. The average molecular weight is 286 g/mol. The molecular weight excluding hydrogens is 274 g/mol. The molecule has 102 valence electrons. The van der Waals surface area contributed by atoms with Crippen LogP contribution in [-0.4, -0.2) is 42.1 Å². The van der Waals surface area contributed by atoms with Gasteiger partial charge in [0.05, 0.1) is 12.3 Å². The number of carbonyl (C=O) groups is 2. The van der Waals surface area contributed by atoms with E-state index in [1.54, 1.807) is 0 Å². The van der Waals surface area contributed by atoms with Crippen molar-refractivity contribution in [2.45, 2.75) is 4.90 Å². The molecule has 1 N–H and O–H groups in total. The van der Waals surface area contributed by atoms with E-state index in [1.165, 1.54) is 11.0 Å². The second-order valence-electron chi connectivity index (χ2n) is 4.03. The van der Waals surface area contributed by atoms with E-state index >= 15 is 0 Å². The van der Waals surface area contributed by atoms with Crippen molar-refractivity contribution in [3.05, 3.63) is 29.8 Å². The fourth-order valence-electron chi connectivity index (χ4n) is 1.67. The lowest BCUT2D eigenvalue weighted by molar-refractivity contribution is -0.136. The van der Waals surface area contributed by atoms with Crippen LogP contribution in [0.15, 0.2) is 23.1 Å². The summed E-state index contributed by atoms with van der Waals surface area (Å²) < 4.78 is 26.1. The smallest absolute Gasteiger partial charge is 0.239 e. The Morgan fingerprint density at radius 2 is 2.21 bits per heavy atom. The summed E-state index contributed by atoms with van der Waals surface area (Å²) in [6.07, 6.45) is 0. The van der Waals surface area contributed by atoms with Gasteiger partial charge in [-0.1, -0.05) is 0 Å². The van der Waals surface area contributed by atoms with Crippen molar-refractivity contribution in [3.63, 3.8) is 0 Å². The molecular formula is C12H12F2N2O2S. The van der Waals surface area contributed by atoms with E-state index in [0.717, 1.165) is 23.9 Å². The summed E-state index contributed by atoms with van der Waals surface area (Å²) in [5.74, 6) is -1.74. The monoisotopic (exact) mass is 286 g/mol. The molecule has 4 nitrogen and oxygen atoms in total. The minimum absolute atomic E-state index is 0.0236. The molecule has 0 bridgehead atoms. The van der Waals surface area contributed by atoms with Crippen LogP contribution in [0.1, 0.15) is 0 Å². The molecule has 1 saturated heterocycles. The highest BCUT2D eigenvalue weighted by Crippen LogP contribution is 2.22. The summed E-state index contributed by atoms with van der Waals surface area (Å²) >= 11 is 0.994. The summed E-state index contributed by atoms with van der Waals surface area (Å²) in [5, 5.41) is 2.61. The Morgan fingerprint density at radius 1 is 1.42 bits per heavy atom. The average Bonchev–Trinajstić information content (AvgIpc) is 2.37. The van der Waals surface area contributed by atoms with Crippen LogP contribution < -0.4 is 5.32 Å². The minimum atomic E-state index is -0.686. The Bertz CT molecular complexity index is 511. The maximum atomic E-state index is 13.4. The summed E-state index contributed by atoms with van der Waals surface area (Å²) in [7, 11) is 0. The molecule has 2 rings (SSSR count). The van der Waals surface area contributed by atoms with Crippen molar-refractivity contribution in [3.8, 4) is 0 Å². The molecule has 1 aromatic rings. The number of thioether (sulfide) groups is 1. The zero-order valence-corrected chi connectivity index (χ0v) is 10.8. The highest BCUT2D eigenvalue weighted by molar-refractivity contribution is 8.00. The van der Waals surface area contributed by atoms with Gasteiger partial charge in [-0.05, 0) is 12.1 Å². The van der Waals surface area contributed by atoms with E-state index in [4.69, 9.17) is 0 Å². The van der Waals surface area contributed by atoms with Gasteiger partial charge in [0.1, 0.15) is 11.6 Å². The van der Waals surface area contributed by atoms with E-state index in [9.17, 15) is 18.4 Å². The quantitative estimate of drug-likeness (QED) is 0.844. The Morgan fingerprint density at radius 3 is 2.89 bits per heavy atom. The van der Waals surface area contributed by atoms with E-state index in [1.807, 2.05) is 0 Å². The Balaban J connectivity index is 1.91. The van der Waals surface area contributed by atoms with Crippen molar-refractivity contribution in [1.82, 2.24) is 10.2 Å². The van der Waals surface area contributed by atoms with Gasteiger partial charge in [-0.25, -0.2) is 8.78 Å². The SMILES string of the molecule is O=C1CN(C(=O)CSc2ccc(F)cc2F)CCN1. The molecule has 0 aromatic heterocycles. The summed E-state index contributed by atoms with van der Waals surface area (Å²) in [5.41, 5.74) is 0. The molecule has 0 atom stereocenters. The number of nitrogens with zero attached hydrogens (tertiary/aromatic N) is 1. The van der Waals surface area contributed by atoms with Gasteiger partial charge in [0.15, 0.2) is 0 Å². The molecule has 2 amide bonds. The van der Waals surface area contributed by atoms with Crippen molar-refractivity contribution in [1.29, 1.82) is 0 Å². The topological polar surface area (TPSA) is 49.4 Å². The van der Waals surface area contributed by atoms with Crippen LogP contribution in [0.5, 0.6) is 0 Å². The van der Waals surface area contributed by atoms with Gasteiger partial charge in [-0.3, -0.25) is 9.59 Å². The standard InChI is InChI=1S/C12H12F2N2O2S/c13-8-1-2-10(9(14)5-8)19-7-12(18)16-4-3-15-11(17)6-16/h1-2,5H,3-4,6-7H2,(H,15,17). The highest BCUT2D eigenvalue weighted by Gasteiger charge is 2.21. The second-order valence-corrected chi connectivity index (χ2v) is 5.05. The highest BCUT2D eigenvalue weighted by atomic mass is 32.2. The lowest BCUT2D eigenvalue weighted by Gasteiger charge is -2.26. The number of hydrogen-bond acceptors (Lipinski definition) is 3. The van der Waals surface area contributed by atoms with Gasteiger partial charge in [0.25, 0.3) is 0 Å². The zero-order chi connectivity index (χ0) is 13.8. The van der Waals surface area contributed by atoms with Gasteiger partial charge < -0.3 is 10.2 Å². The number of halogens is 2. The molecule has 19 heavy (non-hydrogen) atoms. The number of carbonyl (C=O) groups excluding carboxylic acids is 2. The Hall–Kier alpha value is -1.63. The summed E-state index contributed by atoms with van der Waals surface area (Å²) in [6.45, 7) is 0.919. The van der Waals surface area contributed by atoms with Crippen LogP contribution in [0.3, 0.4) is 0 Å². The molecule has 1 heterocycles. The second kappa shape index (κ2) is 6.01. The van der Waals surface area contributed by atoms with Gasteiger partial charge in [0, 0.05) is 24.1 Å². The van der Waals surface area contributed by atoms with E-state index in [0.29, 0.717) is 13.1 Å². The summed E-state index contributed by atoms with van der Waals surface area (Å²) in [4.78, 5) is 24.6. The Labute approximate surface area is 113 Å². The molecule has 0 radical (unpaired) electrons. The maximum absolute atomic E-state index is 13.4. The van der Waals surface area contributed by atoms with Crippen LogP contribution in [-0.2, 0) is 9.59 Å². The molecule has 1 aromatic carbocycles. The third-order valence-corrected chi connectivity index (χ3v) is 3.67. The van der Waals surface area contributed by atoms with Crippen LogP contribution in [0.25, 0.3) is 0 Å². The Kier molecular flexibility index (Phi) is 4.36. The number of piperazine rings is 1. The van der Waals surface area contributed by atoms with Gasteiger partial charge >= 0.3 is 0 Å². The molecule has 7 heteroatoms. The van der Waals surface area contributed by atoms with E-state index in [-0.39, 0.29) is 29.0 Å². The normalized spacial score (nSPS) is 15.3. The maximum Gasteiger partial charge on any atom is 0.239 e. The van der Waals surface area contributed by atoms with Crippen molar-refractivity contribution >= 4 is 23.6 Å². The molecule has 0 unspecified atom stereocenters. The molecule has 1 aliphatic heterocycles. The number of hydrogen-bond donors (Lipinski definition) is 1. The van der Waals surface area contributed by atoms with Crippen LogP contribution in [0, 0.1) is 11.6 Å². The lowest BCUT2D eigenvalue weighted by Crippen LogP contribution is -2.50. The summed E-state index contributed by atoms with van der Waals surface area (Å²) in [6, 6.07) is 3.22. The predicted molar refractivity (Wildman–Crippen MR) is 66.7 cm³/mol. The molecule has 1 fully saturated rings. The molecule has 0 saturated carbocycles. The van der Waals surface area contributed by atoms with Gasteiger partial charge in [0.2, 0.25) is 11.8 Å². The number of rotatable bonds is 3. The number of benzene rings is 1. The number of nitrogens with one attached hydrogen (secondary N) is 1. The van der Waals surface area contributed by atoms with Crippen LogP contribution in [0.2, 0.25) is 0 Å². The lowest BCUT2D eigenvalue weighted by atomic mass is 10.3. The van der Waals surface area contributed by atoms with Crippen molar-refractivity contribution in [2.75, 3.05) is 25.4 Å². The molecule has 0 aliphatic carbocycles. The largest absolute Gasteiger partial charge is 0.353 e. The first-order chi connectivity index (χ1) is 9.06. The number of amides is 2. The first-order valence-electron chi connectivity index (χ1n) is 5.68. The van der Waals surface area contributed by atoms with Crippen molar-refractivity contribution in [2.24, 2.45) is 0 Å². The third-order valence-electron chi connectivity index (χ3n) is 2.64. The molecule has 1 aliphatic rings. The third kappa shape index (κ3) is 3.66. The van der Waals surface area contributed by atoms with Gasteiger partial charge in [-0.15, -0.1) is 11.8 Å². The van der Waals surface area contributed by atoms with Gasteiger partial charge in [-0.2, -0.15) is 0 Å². The first kappa shape index (κ1) is 13.8. The van der Waals surface area contributed by atoms with Crippen molar-refractivity contribution < 1.29 is 18.4 Å². The fraction of sp³-hybridized carbons (Fsp3) is 0.333. The van der Waals surface area contributed by atoms with Crippen LogP contribution >= 0.6 is 11.8 Å². The molecule has 0 spiro atoms. The minimum Gasteiger partial charge on any atom is -0.353 e. The predicted octanol–water partition coefficient (Wildman–Crippen LogP) is 1.02. The van der Waals surface area contributed by atoms with E-state index in [2.05, 4.69) is 5.32 Å². The zero-order valence-electron chi connectivity index (χ0n) is 9.99. The van der Waals surface area contributed by atoms with Crippen LogP contribution in [0.4, 0.5) is 8.78 Å². The van der Waals surface area contributed by atoms with E-state index < -0.39 is 11.6 Å².